The van der Waals surface area contributed by atoms with E-state index in [2.05, 4.69) is 10.3 Å². The second kappa shape index (κ2) is 9.94. The lowest BCUT2D eigenvalue weighted by Gasteiger charge is -2.28. The molecule has 1 aromatic heterocycles. The Labute approximate surface area is 213 Å². The number of aromatic nitrogens is 2. The van der Waals surface area contributed by atoms with Crippen LogP contribution in [0.1, 0.15) is 0 Å². The Morgan fingerprint density at radius 2 is 1.59 bits per heavy atom. The minimum absolute atomic E-state index is 0.183. The lowest BCUT2D eigenvalue weighted by Crippen LogP contribution is -2.42. The molecule has 0 aliphatic carbocycles. The molecule has 0 radical (unpaired) electrons. The fraction of sp³-hybridized carbons (Fsp3) is 0.250. The number of para-hydroxylation sites is 1. The largest absolute Gasteiger partial charge is 0.486 e. The molecule has 0 unspecified atom stereocenters. The van der Waals surface area contributed by atoms with E-state index < -0.39 is 0 Å². The van der Waals surface area contributed by atoms with Crippen LogP contribution < -0.4 is 25.2 Å². The number of ether oxygens (including phenoxy) is 3. The van der Waals surface area contributed by atoms with Crippen molar-refractivity contribution in [2.45, 2.75) is 6.54 Å². The topological polar surface area (TPSA) is 94.9 Å². The van der Waals surface area contributed by atoms with E-state index >= 15 is 0 Å². The minimum Gasteiger partial charge on any atom is -0.486 e. The zero-order chi connectivity index (χ0) is 25.2. The van der Waals surface area contributed by atoms with Gasteiger partial charge in [-0.25, -0.2) is 4.98 Å². The van der Waals surface area contributed by atoms with Gasteiger partial charge in [-0.05, 0) is 11.6 Å². The highest BCUT2D eigenvalue weighted by atomic mass is 16.6. The van der Waals surface area contributed by atoms with Crippen LogP contribution in [0.25, 0.3) is 22.2 Å². The number of benzene rings is 3. The van der Waals surface area contributed by atoms with Crippen molar-refractivity contribution >= 4 is 28.4 Å². The molecule has 1 N–H and O–H groups in total. The molecule has 4 aromatic rings. The highest BCUT2D eigenvalue weighted by molar-refractivity contribution is 5.96. The van der Waals surface area contributed by atoms with E-state index in [0.29, 0.717) is 73.6 Å². The Morgan fingerprint density at radius 3 is 2.38 bits per heavy atom. The fourth-order valence-electron chi connectivity index (χ4n) is 4.70. The summed E-state index contributed by atoms with van der Waals surface area (Å²) < 4.78 is 18.4. The van der Waals surface area contributed by atoms with Gasteiger partial charge < -0.3 is 24.4 Å². The van der Waals surface area contributed by atoms with E-state index in [1.807, 2.05) is 59.5 Å². The molecular formula is C28H26N4O5. The number of hydrogen-bond donors (Lipinski definition) is 1. The molecule has 9 nitrogen and oxygen atoms in total. The van der Waals surface area contributed by atoms with Crippen LogP contribution in [0.5, 0.6) is 11.5 Å². The molecule has 0 saturated carbocycles. The second-order valence-electron chi connectivity index (χ2n) is 8.87. The van der Waals surface area contributed by atoms with Gasteiger partial charge in [0, 0.05) is 36.5 Å². The Balaban J connectivity index is 1.39. The monoisotopic (exact) mass is 498 g/mol. The van der Waals surface area contributed by atoms with Crippen LogP contribution in [-0.4, -0.2) is 55.0 Å². The summed E-state index contributed by atoms with van der Waals surface area (Å²) in [5.74, 6) is 1.08. The Kier molecular flexibility index (Phi) is 6.20. The lowest BCUT2D eigenvalue weighted by molar-refractivity contribution is -0.116. The highest BCUT2D eigenvalue weighted by Gasteiger charge is 2.23. The minimum atomic E-state index is -0.336. The van der Waals surface area contributed by atoms with Crippen molar-refractivity contribution in [1.82, 2.24) is 9.55 Å². The number of rotatable bonds is 5. The number of anilines is 2. The smallest absolute Gasteiger partial charge is 0.294 e. The summed E-state index contributed by atoms with van der Waals surface area (Å²) >= 11 is 0. The van der Waals surface area contributed by atoms with Crippen LogP contribution in [0.4, 0.5) is 11.5 Å². The van der Waals surface area contributed by atoms with E-state index in [9.17, 15) is 9.59 Å². The molecule has 37 heavy (non-hydrogen) atoms. The maximum atomic E-state index is 13.7. The summed E-state index contributed by atoms with van der Waals surface area (Å²) in [6.45, 7) is 2.80. The van der Waals surface area contributed by atoms with Crippen LogP contribution in [0.15, 0.2) is 71.5 Å². The first-order valence-electron chi connectivity index (χ1n) is 12.3. The number of carbonyl (C=O) groups is 1. The molecule has 6 rings (SSSR count). The van der Waals surface area contributed by atoms with Gasteiger partial charge in [0.05, 0.1) is 24.2 Å². The van der Waals surface area contributed by atoms with E-state index in [0.717, 1.165) is 11.1 Å². The quantitative estimate of drug-likeness (QED) is 0.451. The van der Waals surface area contributed by atoms with Gasteiger partial charge in [0.25, 0.3) is 5.56 Å². The zero-order valence-corrected chi connectivity index (χ0v) is 20.2. The number of fused-ring (bicyclic) bond motifs is 2. The molecule has 1 saturated heterocycles. The maximum absolute atomic E-state index is 13.7. The number of amides is 1. The highest BCUT2D eigenvalue weighted by Crippen LogP contribution is 2.34. The molecular weight excluding hydrogens is 472 g/mol. The molecule has 3 heterocycles. The average Bonchev–Trinajstić information content (AvgIpc) is 2.95. The molecule has 0 bridgehead atoms. The average molecular weight is 499 g/mol. The van der Waals surface area contributed by atoms with Gasteiger partial charge in [-0.3, -0.25) is 14.2 Å². The molecule has 2 aliphatic heterocycles. The summed E-state index contributed by atoms with van der Waals surface area (Å²) in [5.41, 5.74) is 3.30. The van der Waals surface area contributed by atoms with Crippen molar-refractivity contribution < 1.29 is 19.0 Å². The first-order chi connectivity index (χ1) is 18.2. The zero-order valence-electron chi connectivity index (χ0n) is 20.2. The summed E-state index contributed by atoms with van der Waals surface area (Å²) in [7, 11) is 0. The first-order valence-corrected chi connectivity index (χ1v) is 12.3. The third-order valence-electron chi connectivity index (χ3n) is 6.49. The van der Waals surface area contributed by atoms with Gasteiger partial charge in [-0.2, -0.15) is 0 Å². The van der Waals surface area contributed by atoms with Gasteiger partial charge >= 0.3 is 0 Å². The maximum Gasteiger partial charge on any atom is 0.294 e. The van der Waals surface area contributed by atoms with Crippen LogP contribution in [0.2, 0.25) is 0 Å². The third kappa shape index (κ3) is 4.61. The Bertz CT molecular complexity index is 1510. The summed E-state index contributed by atoms with van der Waals surface area (Å²) in [6, 6.07) is 21.0. The van der Waals surface area contributed by atoms with Crippen LogP contribution in [0.3, 0.4) is 0 Å². The van der Waals surface area contributed by atoms with Crippen molar-refractivity contribution in [2.24, 2.45) is 0 Å². The molecule has 0 atom stereocenters. The lowest BCUT2D eigenvalue weighted by atomic mass is 10.0. The van der Waals surface area contributed by atoms with E-state index in [1.165, 1.54) is 4.57 Å². The molecule has 9 heteroatoms. The SMILES string of the molecule is O=C(Cn1c(=O)c(N2CCOCC2)nc2cc3c(cc21)OCCO3)Nc1ccccc1-c1ccccc1. The molecule has 2 aliphatic rings. The van der Waals surface area contributed by atoms with Gasteiger partial charge in [0.1, 0.15) is 19.8 Å². The number of hydrogen-bond acceptors (Lipinski definition) is 7. The van der Waals surface area contributed by atoms with E-state index in [-0.39, 0.29) is 18.0 Å². The van der Waals surface area contributed by atoms with Crippen LogP contribution >= 0.6 is 0 Å². The number of nitrogens with one attached hydrogen (secondary N) is 1. The van der Waals surface area contributed by atoms with Gasteiger partial charge in [0.15, 0.2) is 17.3 Å². The fourth-order valence-corrected chi connectivity index (χ4v) is 4.70. The van der Waals surface area contributed by atoms with Crippen molar-refractivity contribution in [3.63, 3.8) is 0 Å². The third-order valence-corrected chi connectivity index (χ3v) is 6.49. The normalized spacial score (nSPS) is 15.0. The summed E-state index contributed by atoms with van der Waals surface area (Å²) in [4.78, 5) is 33.6. The van der Waals surface area contributed by atoms with Crippen molar-refractivity contribution in [3.8, 4) is 22.6 Å². The molecule has 188 valence electrons. The first kappa shape index (κ1) is 23.1. The number of nitrogens with zero attached hydrogens (tertiary/aromatic N) is 3. The predicted molar refractivity (Wildman–Crippen MR) is 141 cm³/mol. The molecule has 1 fully saturated rings. The Morgan fingerprint density at radius 1 is 0.892 bits per heavy atom. The molecule has 3 aromatic carbocycles. The van der Waals surface area contributed by atoms with E-state index in [1.54, 1.807) is 12.1 Å². The van der Waals surface area contributed by atoms with Crippen LogP contribution in [0, 0.1) is 0 Å². The van der Waals surface area contributed by atoms with Crippen LogP contribution in [-0.2, 0) is 16.1 Å². The predicted octanol–water partition coefficient (Wildman–Crippen LogP) is 3.31. The summed E-state index contributed by atoms with van der Waals surface area (Å²) in [6.07, 6.45) is 0. The van der Waals surface area contributed by atoms with Crippen molar-refractivity contribution in [1.29, 1.82) is 0 Å². The van der Waals surface area contributed by atoms with E-state index in [4.69, 9.17) is 14.2 Å². The molecule has 0 spiro atoms. The number of carbonyl (C=O) groups excluding carboxylic acids is 1. The van der Waals surface area contributed by atoms with Gasteiger partial charge in [0.2, 0.25) is 5.91 Å². The molecule has 1 amide bonds. The standard InChI is InChI=1S/C28H26N4O5/c33-26(29-21-9-5-4-8-20(21)19-6-2-1-3-7-19)18-32-23-17-25-24(36-14-15-37-25)16-22(23)30-27(28(32)34)31-10-12-35-13-11-31/h1-9,16-17H,10-15,18H2,(H,29,33). The summed E-state index contributed by atoms with van der Waals surface area (Å²) in [5, 5.41) is 3.00. The van der Waals surface area contributed by atoms with Crippen molar-refractivity contribution in [3.05, 3.63) is 77.1 Å². The van der Waals surface area contributed by atoms with Gasteiger partial charge in [-0.15, -0.1) is 0 Å². The second-order valence-corrected chi connectivity index (χ2v) is 8.87. The Hall–Kier alpha value is -4.37. The van der Waals surface area contributed by atoms with Gasteiger partial charge in [-0.1, -0.05) is 48.5 Å². The number of morpholine rings is 1. The van der Waals surface area contributed by atoms with Crippen molar-refractivity contribution in [2.75, 3.05) is 49.7 Å².